The van der Waals surface area contributed by atoms with Crippen LogP contribution in [0.5, 0.6) is 5.75 Å². The van der Waals surface area contributed by atoms with E-state index in [1.54, 1.807) is 12.1 Å². The molecule has 0 radical (unpaired) electrons. The van der Waals surface area contributed by atoms with Gasteiger partial charge in [0.1, 0.15) is 17.1 Å². The minimum atomic E-state index is -0.121. The average molecular weight is 457 g/mol. The topological polar surface area (TPSA) is 50.4 Å². The van der Waals surface area contributed by atoms with Crippen molar-refractivity contribution in [3.8, 4) is 5.75 Å². The molecule has 29 heavy (non-hydrogen) atoms. The Balaban J connectivity index is 2.36. The first-order valence-corrected chi connectivity index (χ1v) is 10.8. The monoisotopic (exact) mass is 456 g/mol. The van der Waals surface area contributed by atoms with E-state index < -0.39 is 0 Å². The second kappa shape index (κ2) is 7.32. The molecule has 0 saturated heterocycles. The Morgan fingerprint density at radius 3 is 2.21 bits per heavy atom. The van der Waals surface area contributed by atoms with Gasteiger partial charge in [-0.15, -0.1) is 0 Å². The van der Waals surface area contributed by atoms with Gasteiger partial charge in [-0.2, -0.15) is 0 Å². The molecule has 0 fully saturated rings. The van der Waals surface area contributed by atoms with Crippen LogP contribution < -0.4 is 0 Å². The standard InChI is InChI=1S/C25H29BrO3/c1-8-20-21(22(28)14-9-10-19(27)18(26)11-14)16-12-15(24(2,3)4)13-17(23(16)29-20)25(5,6)7/h9-13,27H,8H2,1-7H3. The van der Waals surface area contributed by atoms with Gasteiger partial charge < -0.3 is 9.52 Å². The van der Waals surface area contributed by atoms with E-state index in [2.05, 4.69) is 69.6 Å². The highest BCUT2D eigenvalue weighted by molar-refractivity contribution is 9.10. The summed E-state index contributed by atoms with van der Waals surface area (Å²) in [5.41, 5.74) is 4.05. The van der Waals surface area contributed by atoms with E-state index in [4.69, 9.17) is 4.42 Å². The molecule has 0 saturated carbocycles. The highest BCUT2D eigenvalue weighted by Gasteiger charge is 2.29. The Kier molecular flexibility index (Phi) is 5.46. The van der Waals surface area contributed by atoms with Crippen molar-refractivity contribution in [2.75, 3.05) is 0 Å². The van der Waals surface area contributed by atoms with Crippen LogP contribution in [0.1, 0.15) is 81.3 Å². The molecule has 1 aromatic heterocycles. The van der Waals surface area contributed by atoms with E-state index in [1.165, 1.54) is 11.6 Å². The smallest absolute Gasteiger partial charge is 0.197 e. The van der Waals surface area contributed by atoms with Gasteiger partial charge in [-0.05, 0) is 56.6 Å². The molecule has 3 rings (SSSR count). The number of phenols is 1. The highest BCUT2D eigenvalue weighted by Crippen LogP contribution is 2.40. The van der Waals surface area contributed by atoms with Gasteiger partial charge in [0.25, 0.3) is 0 Å². The van der Waals surface area contributed by atoms with Crippen molar-refractivity contribution < 1.29 is 14.3 Å². The number of benzene rings is 2. The number of aromatic hydroxyl groups is 1. The Hall–Kier alpha value is -2.07. The van der Waals surface area contributed by atoms with Crippen LogP contribution in [0.15, 0.2) is 39.2 Å². The van der Waals surface area contributed by atoms with Crippen molar-refractivity contribution in [2.24, 2.45) is 0 Å². The fourth-order valence-corrected chi connectivity index (χ4v) is 3.91. The van der Waals surface area contributed by atoms with Crippen molar-refractivity contribution in [1.29, 1.82) is 0 Å². The lowest BCUT2D eigenvalue weighted by molar-refractivity contribution is 0.103. The fraction of sp³-hybridized carbons (Fsp3) is 0.400. The molecule has 1 heterocycles. The van der Waals surface area contributed by atoms with Gasteiger partial charge in [-0.1, -0.05) is 54.5 Å². The summed E-state index contributed by atoms with van der Waals surface area (Å²) in [6, 6.07) is 9.17. The zero-order valence-corrected chi connectivity index (χ0v) is 19.8. The van der Waals surface area contributed by atoms with Gasteiger partial charge in [-0.3, -0.25) is 4.79 Å². The number of carbonyl (C=O) groups excluding carboxylic acids is 1. The Bertz CT molecular complexity index is 1090. The van der Waals surface area contributed by atoms with Crippen LogP contribution in [0.4, 0.5) is 0 Å². The van der Waals surface area contributed by atoms with Gasteiger partial charge in [0, 0.05) is 22.9 Å². The Labute approximate surface area is 181 Å². The van der Waals surface area contributed by atoms with Gasteiger partial charge in [0.05, 0.1) is 10.0 Å². The summed E-state index contributed by atoms with van der Waals surface area (Å²) in [6.45, 7) is 15.0. The molecular formula is C25H29BrO3. The third kappa shape index (κ3) is 4.00. The van der Waals surface area contributed by atoms with Gasteiger partial charge in [-0.25, -0.2) is 0 Å². The molecule has 0 bridgehead atoms. The number of ketones is 1. The number of hydrogen-bond donors (Lipinski definition) is 1. The van der Waals surface area contributed by atoms with Crippen molar-refractivity contribution in [1.82, 2.24) is 0 Å². The Morgan fingerprint density at radius 2 is 1.69 bits per heavy atom. The highest BCUT2D eigenvalue weighted by atomic mass is 79.9. The SMILES string of the molecule is CCc1oc2c(C(C)(C)C)cc(C(C)(C)C)cc2c1C(=O)c1ccc(O)c(Br)c1. The molecule has 0 aliphatic rings. The van der Waals surface area contributed by atoms with Crippen molar-refractivity contribution in [3.63, 3.8) is 0 Å². The van der Waals surface area contributed by atoms with Crippen LogP contribution in [0, 0.1) is 0 Å². The molecule has 0 atom stereocenters. The molecule has 1 N–H and O–H groups in total. The van der Waals surface area contributed by atoms with E-state index in [-0.39, 0.29) is 22.4 Å². The lowest BCUT2D eigenvalue weighted by atomic mass is 9.79. The van der Waals surface area contributed by atoms with Crippen LogP contribution in [0.2, 0.25) is 0 Å². The van der Waals surface area contributed by atoms with E-state index in [0.29, 0.717) is 27.8 Å². The van der Waals surface area contributed by atoms with Crippen molar-refractivity contribution in [2.45, 2.75) is 65.7 Å². The van der Waals surface area contributed by atoms with Crippen LogP contribution in [0.25, 0.3) is 11.0 Å². The number of phenolic OH excluding ortho intramolecular Hbond substituents is 1. The predicted octanol–water partition coefficient (Wildman–Crippen LogP) is 7.29. The number of rotatable bonds is 3. The largest absolute Gasteiger partial charge is 0.507 e. The third-order valence-corrected chi connectivity index (χ3v) is 5.93. The molecule has 3 nitrogen and oxygen atoms in total. The minimum Gasteiger partial charge on any atom is -0.507 e. The first-order valence-electron chi connectivity index (χ1n) is 9.98. The molecular weight excluding hydrogens is 428 g/mol. The zero-order chi connectivity index (χ0) is 21.7. The van der Waals surface area contributed by atoms with E-state index in [9.17, 15) is 9.90 Å². The Morgan fingerprint density at radius 1 is 1.03 bits per heavy atom. The molecule has 4 heteroatoms. The molecule has 0 spiro atoms. The number of hydrogen-bond acceptors (Lipinski definition) is 3. The normalized spacial score (nSPS) is 12.6. The van der Waals surface area contributed by atoms with E-state index in [0.717, 1.165) is 16.5 Å². The lowest BCUT2D eigenvalue weighted by Gasteiger charge is -2.25. The summed E-state index contributed by atoms with van der Waals surface area (Å²) in [6.07, 6.45) is 0.628. The van der Waals surface area contributed by atoms with Crippen LogP contribution >= 0.6 is 15.9 Å². The summed E-state index contributed by atoms with van der Waals surface area (Å²) in [7, 11) is 0. The quantitative estimate of drug-likeness (QED) is 0.420. The van der Waals surface area contributed by atoms with E-state index >= 15 is 0 Å². The minimum absolute atomic E-state index is 0.0558. The number of halogens is 1. The molecule has 3 aromatic rings. The summed E-state index contributed by atoms with van der Waals surface area (Å²) >= 11 is 3.31. The third-order valence-electron chi connectivity index (χ3n) is 5.29. The van der Waals surface area contributed by atoms with Gasteiger partial charge >= 0.3 is 0 Å². The number of aryl methyl sites for hydroxylation is 1. The molecule has 2 aromatic carbocycles. The molecule has 0 amide bonds. The van der Waals surface area contributed by atoms with E-state index in [1.807, 2.05) is 6.92 Å². The summed E-state index contributed by atoms with van der Waals surface area (Å²) < 4.78 is 6.79. The molecule has 0 unspecified atom stereocenters. The molecule has 0 aliphatic heterocycles. The second-order valence-electron chi connectivity index (χ2n) is 9.65. The maximum Gasteiger partial charge on any atom is 0.197 e. The maximum atomic E-state index is 13.5. The number of furan rings is 1. The zero-order valence-electron chi connectivity index (χ0n) is 18.2. The predicted molar refractivity (Wildman–Crippen MR) is 122 cm³/mol. The summed E-state index contributed by atoms with van der Waals surface area (Å²) in [5.74, 6) is 0.720. The van der Waals surface area contributed by atoms with Crippen molar-refractivity contribution >= 4 is 32.7 Å². The summed E-state index contributed by atoms with van der Waals surface area (Å²) in [4.78, 5) is 13.5. The first kappa shape index (κ1) is 21.6. The average Bonchev–Trinajstić information content (AvgIpc) is 2.99. The number of carbonyl (C=O) groups is 1. The van der Waals surface area contributed by atoms with Crippen LogP contribution in [-0.4, -0.2) is 10.9 Å². The van der Waals surface area contributed by atoms with Crippen molar-refractivity contribution in [3.05, 3.63) is 62.8 Å². The fourth-order valence-electron chi connectivity index (χ4n) is 3.53. The second-order valence-corrected chi connectivity index (χ2v) is 10.5. The molecule has 154 valence electrons. The van der Waals surface area contributed by atoms with Gasteiger partial charge in [0.2, 0.25) is 0 Å². The first-order chi connectivity index (χ1) is 13.3. The van der Waals surface area contributed by atoms with Gasteiger partial charge in [0.15, 0.2) is 5.78 Å². The maximum absolute atomic E-state index is 13.5. The lowest BCUT2D eigenvalue weighted by Crippen LogP contribution is -2.16. The molecule has 0 aliphatic carbocycles. The number of fused-ring (bicyclic) bond motifs is 1. The van der Waals surface area contributed by atoms with Crippen LogP contribution in [-0.2, 0) is 17.3 Å². The van der Waals surface area contributed by atoms with Crippen LogP contribution in [0.3, 0.4) is 0 Å². The summed E-state index contributed by atoms with van der Waals surface area (Å²) in [5, 5.41) is 10.7.